The van der Waals surface area contributed by atoms with Crippen LogP contribution in [0.3, 0.4) is 0 Å². The van der Waals surface area contributed by atoms with Crippen LogP contribution in [-0.4, -0.2) is 97.1 Å². The van der Waals surface area contributed by atoms with E-state index in [0.717, 1.165) is 77.0 Å². The Morgan fingerprint density at radius 3 is 1.45 bits per heavy atom. The van der Waals surface area contributed by atoms with Gasteiger partial charge in [-0.15, -0.1) is 0 Å². The number of esters is 3. The second-order valence-electron chi connectivity index (χ2n) is 24.2. The van der Waals surface area contributed by atoms with Gasteiger partial charge in [0.05, 0.1) is 0 Å². The zero-order valence-electron chi connectivity index (χ0n) is 49.3. The monoisotopic (exact) mass is 1030 g/mol. The van der Waals surface area contributed by atoms with E-state index in [2.05, 4.69) is 72.5 Å². The van der Waals surface area contributed by atoms with E-state index in [9.17, 15) is 19.2 Å². The largest absolute Gasteiger partial charge is 0.462 e. The van der Waals surface area contributed by atoms with Gasteiger partial charge in [-0.3, -0.25) is 24.0 Å². The summed E-state index contributed by atoms with van der Waals surface area (Å²) in [7, 11) is 4.01. The van der Waals surface area contributed by atoms with Gasteiger partial charge in [-0.25, -0.2) is 0 Å². The Morgan fingerprint density at radius 1 is 0.534 bits per heavy atom. The number of hydrogen-bond donors (Lipinski definition) is 1. The normalized spacial score (nSPS) is 21.1. The fourth-order valence-corrected chi connectivity index (χ4v) is 11.9. The van der Waals surface area contributed by atoms with Gasteiger partial charge in [0.1, 0.15) is 23.9 Å². The molecule has 11 heteroatoms. The predicted octanol–water partition coefficient (Wildman–Crippen LogP) is 14.7. The maximum atomic E-state index is 15.1. The zero-order valence-corrected chi connectivity index (χ0v) is 49.3. The number of nitrogens with zero attached hydrogens (tertiary/aromatic N) is 2. The molecule has 73 heavy (non-hydrogen) atoms. The second kappa shape index (κ2) is 38.8. The highest BCUT2D eigenvalue weighted by Gasteiger charge is 2.46. The van der Waals surface area contributed by atoms with E-state index in [0.29, 0.717) is 87.2 Å². The van der Waals surface area contributed by atoms with Crippen molar-refractivity contribution >= 4 is 29.7 Å². The van der Waals surface area contributed by atoms with E-state index in [1.807, 2.05) is 14.1 Å². The van der Waals surface area contributed by atoms with Crippen LogP contribution in [0.1, 0.15) is 274 Å². The van der Waals surface area contributed by atoms with Crippen molar-refractivity contribution < 1.29 is 38.2 Å². The topological polar surface area (TPSA) is 132 Å². The van der Waals surface area contributed by atoms with Gasteiger partial charge >= 0.3 is 17.9 Å². The van der Waals surface area contributed by atoms with E-state index in [4.69, 9.17) is 14.2 Å². The fraction of sp³-hybridized carbons (Fsp3) is 0.919. The highest BCUT2D eigenvalue weighted by molar-refractivity contribution is 5.91. The highest BCUT2D eigenvalue weighted by atomic mass is 16.6. The van der Waals surface area contributed by atoms with Crippen molar-refractivity contribution in [1.29, 1.82) is 0 Å². The molecule has 0 bridgehead atoms. The van der Waals surface area contributed by atoms with Crippen LogP contribution in [0.25, 0.3) is 0 Å². The Bertz CT molecular complexity index is 1430. The molecule has 2 rings (SSSR count). The van der Waals surface area contributed by atoms with Crippen molar-refractivity contribution in [3.8, 4) is 0 Å². The summed E-state index contributed by atoms with van der Waals surface area (Å²) >= 11 is 0. The molecule has 1 N–H and O–H groups in total. The smallest absolute Gasteiger partial charge is 0.306 e. The van der Waals surface area contributed by atoms with Crippen LogP contribution in [0.15, 0.2) is 0 Å². The summed E-state index contributed by atoms with van der Waals surface area (Å²) in [4.78, 5) is 74.9. The quantitative estimate of drug-likeness (QED) is 0.0361. The van der Waals surface area contributed by atoms with Gasteiger partial charge in [0.25, 0.3) is 0 Å². The maximum absolute atomic E-state index is 15.1. The average Bonchev–Trinajstić information content (AvgIpc) is 3.33. The van der Waals surface area contributed by atoms with Gasteiger partial charge in [0, 0.05) is 38.8 Å². The molecule has 0 saturated heterocycles. The summed E-state index contributed by atoms with van der Waals surface area (Å²) in [6.45, 7) is 21.4. The summed E-state index contributed by atoms with van der Waals surface area (Å²) in [6.07, 6.45) is 27.3. The lowest BCUT2D eigenvalue weighted by molar-refractivity contribution is -0.157. The Labute approximate surface area is 448 Å². The minimum Gasteiger partial charge on any atom is -0.462 e. The first-order valence-electron chi connectivity index (χ1n) is 30.8. The number of rotatable bonds is 41. The van der Waals surface area contributed by atoms with E-state index < -0.39 is 5.54 Å². The molecule has 11 nitrogen and oxygen atoms in total. The molecule has 2 aliphatic rings. The average molecular weight is 1030 g/mol. The molecule has 0 aliphatic heterocycles. The molecule has 0 radical (unpaired) electrons. The number of unbranched alkanes of at least 4 members (excludes halogenated alkanes) is 12. The van der Waals surface area contributed by atoms with Crippen LogP contribution in [-0.2, 0) is 38.2 Å². The zero-order chi connectivity index (χ0) is 54.0. The molecule has 6 atom stereocenters. The summed E-state index contributed by atoms with van der Waals surface area (Å²) in [6, 6.07) is 0. The van der Waals surface area contributed by atoms with Crippen LogP contribution in [0.5, 0.6) is 0 Å². The van der Waals surface area contributed by atoms with Crippen molar-refractivity contribution in [3.05, 3.63) is 0 Å². The molecule has 2 aliphatic carbocycles. The Hall–Kier alpha value is -2.69. The summed E-state index contributed by atoms with van der Waals surface area (Å²) in [5.41, 5.74) is -1.31. The first-order valence-corrected chi connectivity index (χ1v) is 30.8. The third-order valence-corrected chi connectivity index (χ3v) is 16.6. The molecule has 0 heterocycles. The molecule has 0 aromatic heterocycles. The van der Waals surface area contributed by atoms with Crippen molar-refractivity contribution in [3.63, 3.8) is 0 Å². The molecule has 6 unspecified atom stereocenters. The molecule has 0 aromatic rings. The lowest BCUT2D eigenvalue weighted by atomic mass is 9.75. The summed E-state index contributed by atoms with van der Waals surface area (Å²) in [5.74, 6) is 1.36. The predicted molar refractivity (Wildman–Crippen MR) is 300 cm³/mol. The number of carbonyl (C=O) groups is 5. The number of carbonyl (C=O) groups excluding carboxylic acids is 5. The molecule has 2 saturated carbocycles. The molecule has 0 aromatic carbocycles. The van der Waals surface area contributed by atoms with Gasteiger partial charge < -0.3 is 29.3 Å². The minimum absolute atomic E-state index is 0.0641. The lowest BCUT2D eigenvalue weighted by Gasteiger charge is -2.44. The first kappa shape index (κ1) is 66.4. The van der Waals surface area contributed by atoms with E-state index >= 15 is 4.79 Å². The molecule has 2 fully saturated rings. The van der Waals surface area contributed by atoms with Crippen LogP contribution >= 0.6 is 0 Å². The SMILES string of the molecule is CCCCCCCCC(CCCCCCCC)OC(=O)CCCCC(=O)N(CCCN(C)C)C(CCCC(=O)OC1CC(C)CCC1C(C)C)(CCCC(=O)OC1CC(C)CCC1C(C)C)C(=O)NCCCC. The number of amides is 2. The molecular formula is C62H115N3O8. The number of ether oxygens (including phenoxy) is 3. The molecule has 2 amide bonds. The number of nitrogens with one attached hydrogen (secondary N) is 1. The van der Waals surface area contributed by atoms with Crippen molar-refractivity contribution in [2.75, 3.05) is 33.7 Å². The summed E-state index contributed by atoms with van der Waals surface area (Å²) in [5, 5.41) is 3.23. The van der Waals surface area contributed by atoms with Crippen LogP contribution < -0.4 is 5.32 Å². The molecular weight excluding hydrogens is 915 g/mol. The highest BCUT2D eigenvalue weighted by Crippen LogP contribution is 2.38. The third-order valence-electron chi connectivity index (χ3n) is 16.6. The third kappa shape index (κ3) is 27.3. The van der Waals surface area contributed by atoms with Crippen LogP contribution in [0.2, 0.25) is 0 Å². The molecule has 0 spiro atoms. The van der Waals surface area contributed by atoms with Gasteiger partial charge in [0.2, 0.25) is 11.8 Å². The second-order valence-corrected chi connectivity index (χ2v) is 24.2. The van der Waals surface area contributed by atoms with Gasteiger partial charge in [-0.1, -0.05) is 146 Å². The van der Waals surface area contributed by atoms with Gasteiger partial charge in [0.15, 0.2) is 0 Å². The van der Waals surface area contributed by atoms with E-state index in [1.165, 1.54) is 64.2 Å². The van der Waals surface area contributed by atoms with Crippen LogP contribution in [0.4, 0.5) is 0 Å². The van der Waals surface area contributed by atoms with Gasteiger partial charge in [-0.2, -0.15) is 0 Å². The Morgan fingerprint density at radius 2 is 0.986 bits per heavy atom. The lowest BCUT2D eigenvalue weighted by Crippen LogP contribution is -2.61. The van der Waals surface area contributed by atoms with Crippen molar-refractivity contribution in [2.45, 2.75) is 298 Å². The van der Waals surface area contributed by atoms with Gasteiger partial charge in [-0.05, 0) is 159 Å². The minimum atomic E-state index is -1.31. The van der Waals surface area contributed by atoms with Crippen molar-refractivity contribution in [2.24, 2.45) is 35.5 Å². The molecule has 426 valence electrons. The maximum Gasteiger partial charge on any atom is 0.306 e. The van der Waals surface area contributed by atoms with Crippen LogP contribution in [0, 0.1) is 35.5 Å². The number of hydrogen-bond acceptors (Lipinski definition) is 9. The van der Waals surface area contributed by atoms with E-state index in [-0.39, 0.29) is 86.6 Å². The Kier molecular flexibility index (Phi) is 35.3. The van der Waals surface area contributed by atoms with E-state index in [1.54, 1.807) is 4.90 Å². The Balaban J connectivity index is 2.38. The first-order chi connectivity index (χ1) is 35.0. The van der Waals surface area contributed by atoms with Crippen molar-refractivity contribution in [1.82, 2.24) is 15.1 Å². The summed E-state index contributed by atoms with van der Waals surface area (Å²) < 4.78 is 18.7. The fourth-order valence-electron chi connectivity index (χ4n) is 11.9. The standard InChI is InChI=1S/C62H115N3O8/c1-12-15-18-20-22-24-31-52(32-25-23-21-19-16-13-2)71-58(67)34-27-26-33-57(66)65(45-30-44-64(10)11)62(61(70)63-43-17-14-3,41-28-35-59(68)72-55-46-50(8)37-39-53(55)48(4)5)42-29-36-60(69)73-56-47-51(9)38-40-54(56)49(6)7/h48-56H,12-47H2,1-11H3,(H,63,70).